The summed E-state index contributed by atoms with van der Waals surface area (Å²) in [6.45, 7) is 5.48. The molecule has 1 rings (SSSR count). The van der Waals surface area contributed by atoms with Gasteiger partial charge in [-0.15, -0.1) is 12.4 Å². The number of hydrogen-bond acceptors (Lipinski definition) is 3. The molecule has 0 spiro atoms. The second kappa shape index (κ2) is 7.34. The van der Waals surface area contributed by atoms with E-state index in [0.717, 1.165) is 11.1 Å². The molecule has 0 aromatic heterocycles. The third-order valence-electron chi connectivity index (χ3n) is 2.70. The zero-order valence-electron chi connectivity index (χ0n) is 10.8. The van der Waals surface area contributed by atoms with Crippen molar-refractivity contribution in [3.8, 4) is 0 Å². The number of carbonyl (C=O) groups excluding carboxylic acids is 1. The predicted octanol–water partition coefficient (Wildman–Crippen LogP) is 2.63. The van der Waals surface area contributed by atoms with E-state index in [2.05, 4.69) is 4.74 Å². The number of ether oxygens (including phenoxy) is 1. The summed E-state index contributed by atoms with van der Waals surface area (Å²) >= 11 is 0. The van der Waals surface area contributed by atoms with Crippen molar-refractivity contribution in [1.82, 2.24) is 0 Å². The fourth-order valence-electron chi connectivity index (χ4n) is 1.87. The fourth-order valence-corrected chi connectivity index (χ4v) is 1.87. The Bertz CT molecular complexity index is 392. The highest BCUT2D eigenvalue weighted by Crippen LogP contribution is 2.24. The van der Waals surface area contributed by atoms with E-state index in [1.807, 2.05) is 32.0 Å². The first-order valence-electron chi connectivity index (χ1n) is 5.61. The van der Waals surface area contributed by atoms with E-state index in [9.17, 15) is 9.18 Å². The van der Waals surface area contributed by atoms with E-state index in [1.54, 1.807) is 6.92 Å². The van der Waals surface area contributed by atoms with E-state index in [0.29, 0.717) is 5.56 Å². The summed E-state index contributed by atoms with van der Waals surface area (Å²) in [6.07, 6.45) is -1.82. The minimum atomic E-state index is -1.82. The predicted molar refractivity (Wildman–Crippen MR) is 71.6 cm³/mol. The largest absolute Gasteiger partial charge is 0.464 e. The molecule has 0 aliphatic carbocycles. The molecule has 0 aliphatic rings. The molecule has 5 heteroatoms. The van der Waals surface area contributed by atoms with Gasteiger partial charge in [0, 0.05) is 0 Å². The second-order valence-corrected chi connectivity index (χ2v) is 3.99. The van der Waals surface area contributed by atoms with Crippen LogP contribution in [0.4, 0.5) is 4.39 Å². The van der Waals surface area contributed by atoms with Gasteiger partial charge in [0.15, 0.2) is 0 Å². The topological polar surface area (TPSA) is 52.3 Å². The number of halogens is 2. The lowest BCUT2D eigenvalue weighted by Crippen LogP contribution is -2.32. The van der Waals surface area contributed by atoms with Crippen molar-refractivity contribution in [3.05, 3.63) is 34.9 Å². The minimum absolute atomic E-state index is 0. The molecular formula is C13H19ClFNO2. The molecule has 0 radical (unpaired) electrons. The van der Waals surface area contributed by atoms with Crippen LogP contribution in [0.15, 0.2) is 18.2 Å². The zero-order valence-corrected chi connectivity index (χ0v) is 11.6. The van der Waals surface area contributed by atoms with Crippen LogP contribution in [-0.2, 0) is 9.53 Å². The van der Waals surface area contributed by atoms with Crippen LogP contribution < -0.4 is 5.73 Å². The van der Waals surface area contributed by atoms with E-state index in [-0.39, 0.29) is 19.0 Å². The average Bonchev–Trinajstić information content (AvgIpc) is 2.27. The van der Waals surface area contributed by atoms with Crippen molar-refractivity contribution >= 4 is 18.4 Å². The number of rotatable bonds is 4. The van der Waals surface area contributed by atoms with Gasteiger partial charge < -0.3 is 10.5 Å². The Kier molecular flexibility index (Phi) is 6.88. The summed E-state index contributed by atoms with van der Waals surface area (Å²) in [5.74, 6) is -0.900. The molecule has 0 amide bonds. The lowest BCUT2D eigenvalue weighted by molar-refractivity contribution is -0.149. The number of nitrogens with two attached hydrogens (primary N) is 1. The highest BCUT2D eigenvalue weighted by molar-refractivity contribution is 5.85. The smallest absolute Gasteiger partial charge is 0.342 e. The number of alkyl halides is 1. The zero-order chi connectivity index (χ0) is 13.0. The van der Waals surface area contributed by atoms with Crippen molar-refractivity contribution < 1.29 is 13.9 Å². The first-order valence-corrected chi connectivity index (χ1v) is 5.61. The summed E-state index contributed by atoms with van der Waals surface area (Å²) in [7, 11) is 0. The Morgan fingerprint density at radius 2 is 1.89 bits per heavy atom. The molecule has 0 aliphatic heterocycles. The summed E-state index contributed by atoms with van der Waals surface area (Å²) in [5, 5.41) is 0. The molecular weight excluding hydrogens is 257 g/mol. The van der Waals surface area contributed by atoms with Gasteiger partial charge in [-0.25, -0.2) is 9.18 Å². The highest BCUT2D eigenvalue weighted by Gasteiger charge is 2.29. The molecule has 1 aromatic carbocycles. The van der Waals surface area contributed by atoms with Gasteiger partial charge >= 0.3 is 5.97 Å². The Morgan fingerprint density at radius 1 is 1.39 bits per heavy atom. The summed E-state index contributed by atoms with van der Waals surface area (Å²) in [5.41, 5.74) is 8.23. The van der Waals surface area contributed by atoms with Crippen molar-refractivity contribution in [2.45, 2.75) is 33.0 Å². The summed E-state index contributed by atoms with van der Waals surface area (Å²) in [6, 6.07) is 4.59. The molecule has 1 aromatic rings. The van der Waals surface area contributed by atoms with Crippen molar-refractivity contribution in [2.24, 2.45) is 5.73 Å². The minimum Gasteiger partial charge on any atom is -0.464 e. The molecule has 2 N–H and O–H groups in total. The van der Waals surface area contributed by atoms with Gasteiger partial charge in [-0.05, 0) is 37.5 Å². The normalized spacial score (nSPS) is 13.4. The molecule has 3 nitrogen and oxygen atoms in total. The van der Waals surface area contributed by atoms with Gasteiger partial charge in [0.05, 0.1) is 12.6 Å². The molecule has 0 fully saturated rings. The maximum atomic E-state index is 13.8. The molecule has 0 saturated carbocycles. The Morgan fingerprint density at radius 3 is 2.33 bits per heavy atom. The quantitative estimate of drug-likeness (QED) is 0.860. The average molecular weight is 276 g/mol. The van der Waals surface area contributed by atoms with Crippen LogP contribution in [0, 0.1) is 13.8 Å². The first-order chi connectivity index (χ1) is 7.99. The Balaban J connectivity index is 0.00000289. The van der Waals surface area contributed by atoms with Gasteiger partial charge in [-0.3, -0.25) is 0 Å². The van der Waals surface area contributed by atoms with Crippen LogP contribution in [0.3, 0.4) is 0 Å². The SMILES string of the molecule is CCOC(=O)C(F)[C@H](N)c1c(C)cccc1C.Cl. The number of hydrogen-bond donors (Lipinski definition) is 1. The van der Waals surface area contributed by atoms with Crippen molar-refractivity contribution in [1.29, 1.82) is 0 Å². The standard InChI is InChI=1S/C13H18FNO2.ClH/c1-4-17-13(16)11(14)12(15)10-8(2)6-5-7-9(10)3;/h5-7,11-12H,4,15H2,1-3H3;1H/t11?,12-;/m1./s1. The molecule has 2 atom stereocenters. The third-order valence-corrected chi connectivity index (χ3v) is 2.70. The molecule has 1 unspecified atom stereocenters. The Hall–Kier alpha value is -1.13. The van der Waals surface area contributed by atoms with Crippen molar-refractivity contribution in [3.63, 3.8) is 0 Å². The van der Waals surface area contributed by atoms with Gasteiger partial charge in [-0.1, -0.05) is 18.2 Å². The number of benzene rings is 1. The number of carbonyl (C=O) groups is 1. The second-order valence-electron chi connectivity index (χ2n) is 3.99. The van der Waals surface area contributed by atoms with Crippen LogP contribution in [0.5, 0.6) is 0 Å². The van der Waals surface area contributed by atoms with Gasteiger partial charge in [0.1, 0.15) is 0 Å². The van der Waals surface area contributed by atoms with Crippen LogP contribution in [0.25, 0.3) is 0 Å². The van der Waals surface area contributed by atoms with Gasteiger partial charge in [0.2, 0.25) is 6.17 Å². The van der Waals surface area contributed by atoms with Crippen LogP contribution in [-0.4, -0.2) is 18.7 Å². The van der Waals surface area contributed by atoms with Crippen LogP contribution in [0.2, 0.25) is 0 Å². The van der Waals surface area contributed by atoms with Gasteiger partial charge in [0.25, 0.3) is 0 Å². The van der Waals surface area contributed by atoms with Crippen LogP contribution >= 0.6 is 12.4 Å². The Labute approximate surface area is 113 Å². The van der Waals surface area contributed by atoms with Crippen LogP contribution in [0.1, 0.15) is 29.7 Å². The summed E-state index contributed by atoms with van der Waals surface area (Å²) < 4.78 is 18.5. The van der Waals surface area contributed by atoms with E-state index >= 15 is 0 Å². The lowest BCUT2D eigenvalue weighted by Gasteiger charge is -2.19. The van der Waals surface area contributed by atoms with E-state index in [4.69, 9.17) is 5.73 Å². The molecule has 0 bridgehead atoms. The third kappa shape index (κ3) is 3.68. The number of aryl methyl sites for hydroxylation is 2. The summed E-state index contributed by atoms with van der Waals surface area (Å²) in [4.78, 5) is 11.3. The fraction of sp³-hybridized carbons (Fsp3) is 0.462. The van der Waals surface area contributed by atoms with E-state index in [1.165, 1.54) is 0 Å². The molecule has 18 heavy (non-hydrogen) atoms. The molecule has 0 heterocycles. The highest BCUT2D eigenvalue weighted by atomic mass is 35.5. The molecule has 0 saturated heterocycles. The maximum absolute atomic E-state index is 13.8. The molecule has 102 valence electrons. The van der Waals surface area contributed by atoms with E-state index < -0.39 is 18.2 Å². The number of esters is 1. The first kappa shape index (κ1) is 16.9. The van der Waals surface area contributed by atoms with Gasteiger partial charge in [-0.2, -0.15) is 0 Å². The maximum Gasteiger partial charge on any atom is 0.342 e. The monoisotopic (exact) mass is 275 g/mol. The lowest BCUT2D eigenvalue weighted by atomic mass is 9.94. The van der Waals surface area contributed by atoms with Crippen molar-refractivity contribution in [2.75, 3.05) is 6.61 Å².